The minimum Gasteiger partial charge on any atom is -0.410 e. The molecule has 4 aliphatic rings. The van der Waals surface area contributed by atoms with E-state index in [1.165, 1.54) is 6.42 Å². The summed E-state index contributed by atoms with van der Waals surface area (Å²) in [6.45, 7) is 8.35. The minimum absolute atomic E-state index is 0.00600. The molecule has 4 atom stereocenters. The van der Waals surface area contributed by atoms with Crippen LogP contribution in [0.2, 0.25) is 0 Å². The molecule has 124 valence electrons. The van der Waals surface area contributed by atoms with Crippen LogP contribution in [0.1, 0.15) is 46.5 Å². The number of nitrogens with zero attached hydrogens (tertiary/aromatic N) is 1. The molecule has 4 nitrogen and oxygen atoms in total. The summed E-state index contributed by atoms with van der Waals surface area (Å²) >= 11 is 5.74. The Morgan fingerprint density at radius 3 is 2.86 bits per heavy atom. The third-order valence-corrected chi connectivity index (χ3v) is 6.49. The van der Waals surface area contributed by atoms with Crippen molar-refractivity contribution in [2.45, 2.75) is 58.5 Å². The number of likely N-dealkylation sites (tertiary alicyclic amines) is 1. The molecule has 1 amide bonds. The second kappa shape index (κ2) is 6.33. The Hall–Kier alpha value is -0.255. The molecule has 0 aromatic rings. The first kappa shape index (κ1) is 16.6. The van der Waals surface area contributed by atoms with Gasteiger partial charge in [-0.1, -0.05) is 13.8 Å². The van der Waals surface area contributed by atoms with E-state index in [2.05, 4.69) is 20.8 Å². The average Bonchev–Trinajstić information content (AvgIpc) is 2.99. The lowest BCUT2D eigenvalue weighted by molar-refractivity contribution is -0.128. The van der Waals surface area contributed by atoms with Crippen LogP contribution < -0.4 is 0 Å². The third kappa shape index (κ3) is 2.80. The van der Waals surface area contributed by atoms with Gasteiger partial charge in [-0.3, -0.25) is 4.79 Å². The molecular weight excluding hydrogens is 300 g/mol. The molecule has 1 saturated carbocycles. The highest BCUT2D eigenvalue weighted by molar-refractivity contribution is 6.47. The monoisotopic (exact) mass is 327 g/mol. The van der Waals surface area contributed by atoms with Gasteiger partial charge in [0.25, 0.3) is 0 Å². The van der Waals surface area contributed by atoms with Crippen molar-refractivity contribution in [3.8, 4) is 0 Å². The van der Waals surface area contributed by atoms with E-state index in [9.17, 15) is 4.79 Å². The molecule has 3 saturated heterocycles. The molecular formula is C16H27BClNO3. The van der Waals surface area contributed by atoms with Crippen molar-refractivity contribution in [3.63, 3.8) is 0 Å². The highest BCUT2D eigenvalue weighted by Gasteiger charge is 2.53. The van der Waals surface area contributed by atoms with Crippen molar-refractivity contribution in [1.29, 1.82) is 0 Å². The summed E-state index contributed by atoms with van der Waals surface area (Å²) in [5.74, 6) is 1.36. The first-order chi connectivity index (χ1) is 10.4. The Morgan fingerprint density at radius 2 is 2.18 bits per heavy atom. The molecule has 22 heavy (non-hydrogen) atoms. The SMILES string of the molecule is C[C@@H]1OB([C@@H]2CCCN2C(=O)CCl)OCC[C@@H]2C[C@H]1C2(C)C. The van der Waals surface area contributed by atoms with E-state index < -0.39 is 0 Å². The van der Waals surface area contributed by atoms with Crippen LogP contribution in [-0.4, -0.2) is 49.0 Å². The van der Waals surface area contributed by atoms with E-state index >= 15 is 0 Å². The lowest BCUT2D eigenvalue weighted by Gasteiger charge is -2.54. The standard InChI is InChI=1S/C16H27BClNO3/c1-11-13-9-12(16(13,2)3)6-8-21-17(22-11)14-5-4-7-19(14)15(20)10-18/h11-14H,4-10H2,1-3H3/t11-,12+,13+,14-/m0/s1. The smallest absolute Gasteiger partial charge is 0.410 e. The largest absolute Gasteiger partial charge is 0.481 e. The van der Waals surface area contributed by atoms with Gasteiger partial charge in [-0.25, -0.2) is 0 Å². The zero-order valence-corrected chi connectivity index (χ0v) is 14.6. The average molecular weight is 328 g/mol. The Bertz CT molecular complexity index is 434. The Morgan fingerprint density at radius 1 is 1.41 bits per heavy atom. The molecule has 0 aromatic heterocycles. The van der Waals surface area contributed by atoms with Crippen LogP contribution in [0.3, 0.4) is 0 Å². The van der Waals surface area contributed by atoms with Gasteiger partial charge in [0.15, 0.2) is 0 Å². The first-order valence-corrected chi connectivity index (χ1v) is 9.11. The van der Waals surface area contributed by atoms with Gasteiger partial charge >= 0.3 is 7.12 Å². The van der Waals surface area contributed by atoms with Crippen LogP contribution in [-0.2, 0) is 14.1 Å². The van der Waals surface area contributed by atoms with Crippen molar-refractivity contribution in [2.75, 3.05) is 19.0 Å². The number of carbonyl (C=O) groups excluding carboxylic acids is 1. The number of hydrogen-bond acceptors (Lipinski definition) is 3. The van der Waals surface area contributed by atoms with E-state index in [1.54, 1.807) is 0 Å². The number of amides is 1. The van der Waals surface area contributed by atoms with Crippen LogP contribution in [0.4, 0.5) is 0 Å². The van der Waals surface area contributed by atoms with Gasteiger partial charge in [0.2, 0.25) is 5.91 Å². The molecule has 4 fully saturated rings. The van der Waals surface area contributed by atoms with Crippen LogP contribution in [0.15, 0.2) is 0 Å². The minimum atomic E-state index is -0.306. The molecule has 2 bridgehead atoms. The van der Waals surface area contributed by atoms with Gasteiger partial charge < -0.3 is 14.2 Å². The van der Waals surface area contributed by atoms with E-state index in [1.807, 2.05) is 4.90 Å². The van der Waals surface area contributed by atoms with Gasteiger partial charge in [0.1, 0.15) is 5.88 Å². The third-order valence-electron chi connectivity index (χ3n) is 6.26. The number of fused-ring (bicyclic) bond motifs is 5. The maximum Gasteiger partial charge on any atom is 0.481 e. The van der Waals surface area contributed by atoms with E-state index in [0.717, 1.165) is 38.3 Å². The van der Waals surface area contributed by atoms with E-state index in [4.69, 9.17) is 20.9 Å². The summed E-state index contributed by atoms with van der Waals surface area (Å²) in [6.07, 6.45) is 4.44. The number of hydrogen-bond donors (Lipinski definition) is 0. The van der Waals surface area contributed by atoms with Crippen LogP contribution >= 0.6 is 11.6 Å². The molecule has 3 aliphatic heterocycles. The highest BCUT2D eigenvalue weighted by atomic mass is 35.5. The summed E-state index contributed by atoms with van der Waals surface area (Å²) in [6, 6.07) is 0. The van der Waals surface area contributed by atoms with Crippen LogP contribution in [0.5, 0.6) is 0 Å². The maximum atomic E-state index is 12.0. The normalized spacial score (nSPS) is 38.0. The Kier molecular flexibility index (Phi) is 4.78. The summed E-state index contributed by atoms with van der Waals surface area (Å²) in [4.78, 5) is 13.9. The van der Waals surface area contributed by atoms with Gasteiger partial charge in [-0.15, -0.1) is 11.6 Å². The van der Waals surface area contributed by atoms with Gasteiger partial charge in [-0.05, 0) is 49.9 Å². The van der Waals surface area contributed by atoms with Crippen molar-refractivity contribution < 1.29 is 14.1 Å². The zero-order valence-electron chi connectivity index (χ0n) is 13.9. The molecule has 0 N–H and O–H groups in total. The van der Waals surface area contributed by atoms with Crippen molar-refractivity contribution >= 4 is 24.6 Å². The quantitative estimate of drug-likeness (QED) is 0.578. The van der Waals surface area contributed by atoms with Gasteiger partial charge in [-0.2, -0.15) is 0 Å². The lowest BCUT2D eigenvalue weighted by Crippen LogP contribution is -2.53. The second-order valence-corrected chi connectivity index (χ2v) is 7.93. The summed E-state index contributed by atoms with van der Waals surface area (Å²) in [7, 11) is -0.306. The Labute approximate surface area is 139 Å². The zero-order chi connectivity index (χ0) is 15.9. The molecule has 0 spiro atoms. The molecule has 1 aliphatic carbocycles. The molecule has 6 heteroatoms. The molecule has 0 unspecified atom stereocenters. The Balaban J connectivity index is 1.72. The predicted molar refractivity (Wildman–Crippen MR) is 87.7 cm³/mol. The predicted octanol–water partition coefficient (Wildman–Crippen LogP) is 2.73. The lowest BCUT2D eigenvalue weighted by atomic mass is 9.52. The highest BCUT2D eigenvalue weighted by Crippen LogP contribution is 2.55. The fraction of sp³-hybridized carbons (Fsp3) is 0.938. The van der Waals surface area contributed by atoms with Crippen LogP contribution in [0, 0.1) is 17.3 Å². The van der Waals surface area contributed by atoms with Crippen molar-refractivity contribution in [3.05, 3.63) is 0 Å². The van der Waals surface area contributed by atoms with E-state index in [0.29, 0.717) is 11.3 Å². The molecule has 4 rings (SSSR count). The molecule has 0 radical (unpaired) electrons. The maximum absolute atomic E-state index is 12.0. The fourth-order valence-corrected chi connectivity index (χ4v) is 4.83. The number of halogens is 1. The number of alkyl halides is 1. The fourth-order valence-electron chi connectivity index (χ4n) is 4.68. The first-order valence-electron chi connectivity index (χ1n) is 8.57. The molecule has 0 aromatic carbocycles. The van der Waals surface area contributed by atoms with E-state index in [-0.39, 0.29) is 31.0 Å². The van der Waals surface area contributed by atoms with Crippen molar-refractivity contribution in [2.24, 2.45) is 17.3 Å². The van der Waals surface area contributed by atoms with Crippen LogP contribution in [0.25, 0.3) is 0 Å². The summed E-state index contributed by atoms with van der Waals surface area (Å²) in [5, 5.41) is 0. The number of carbonyl (C=O) groups is 1. The number of rotatable bonds is 2. The summed E-state index contributed by atoms with van der Waals surface area (Å²) < 4.78 is 12.4. The summed E-state index contributed by atoms with van der Waals surface area (Å²) in [5.41, 5.74) is 0.332. The second-order valence-electron chi connectivity index (χ2n) is 7.66. The topological polar surface area (TPSA) is 38.8 Å². The van der Waals surface area contributed by atoms with Gasteiger partial charge in [0.05, 0.1) is 5.94 Å². The van der Waals surface area contributed by atoms with Gasteiger partial charge in [0, 0.05) is 19.3 Å². The molecule has 3 heterocycles. The van der Waals surface area contributed by atoms with Crippen molar-refractivity contribution in [1.82, 2.24) is 4.90 Å².